The van der Waals surface area contributed by atoms with Crippen LogP contribution in [-0.4, -0.2) is 68.2 Å². The smallest absolute Gasteiger partial charge is 0.254 e. The van der Waals surface area contributed by atoms with E-state index in [4.69, 9.17) is 0 Å². The van der Waals surface area contributed by atoms with Gasteiger partial charge in [0.15, 0.2) is 0 Å². The topological polar surface area (TPSA) is 74.8 Å². The number of hydrogen-bond donors (Lipinski definition) is 0. The Morgan fingerprint density at radius 3 is 2.50 bits per heavy atom. The van der Waals surface area contributed by atoms with Gasteiger partial charge in [-0.05, 0) is 17.9 Å². The van der Waals surface area contributed by atoms with Crippen molar-refractivity contribution in [2.24, 2.45) is 0 Å². The van der Waals surface area contributed by atoms with Crippen LogP contribution in [-0.2, 0) is 14.6 Å². The van der Waals surface area contributed by atoms with Gasteiger partial charge >= 0.3 is 0 Å². The second-order valence-electron chi connectivity index (χ2n) is 5.42. The van der Waals surface area contributed by atoms with Crippen LogP contribution in [0.2, 0.25) is 0 Å². The van der Waals surface area contributed by atoms with E-state index in [1.54, 1.807) is 15.9 Å². The number of carbonyl (C=O) groups excluding carboxylic acids is 2. The molecule has 2 heterocycles. The van der Waals surface area contributed by atoms with Crippen LogP contribution in [0.4, 0.5) is 0 Å². The summed E-state index contributed by atoms with van der Waals surface area (Å²) in [4.78, 5) is 27.8. The molecule has 1 saturated heterocycles. The molecule has 6 nitrogen and oxygen atoms in total. The van der Waals surface area contributed by atoms with Crippen LogP contribution in [0.1, 0.15) is 23.2 Å². The molecule has 0 spiro atoms. The van der Waals surface area contributed by atoms with Gasteiger partial charge in [0.25, 0.3) is 5.91 Å². The van der Waals surface area contributed by atoms with Gasteiger partial charge in [0.2, 0.25) is 5.91 Å². The Morgan fingerprint density at radius 1 is 1.18 bits per heavy atom. The lowest BCUT2D eigenvalue weighted by atomic mass is 10.3. The SMILES string of the molecule is CS(=O)(=O)CCC(=O)N1CCCN(C(=O)c2ccsc2)CC1. The highest BCUT2D eigenvalue weighted by atomic mass is 32.2. The molecular weight excluding hydrogens is 324 g/mol. The Labute approximate surface area is 134 Å². The Kier molecular flexibility index (Phi) is 5.57. The molecule has 1 aromatic rings. The van der Waals surface area contributed by atoms with Crippen molar-refractivity contribution in [1.82, 2.24) is 9.80 Å². The third-order valence-electron chi connectivity index (χ3n) is 3.59. The van der Waals surface area contributed by atoms with Crippen LogP contribution in [0.25, 0.3) is 0 Å². The second-order valence-corrected chi connectivity index (χ2v) is 8.46. The van der Waals surface area contributed by atoms with Crippen molar-refractivity contribution in [2.45, 2.75) is 12.8 Å². The molecular formula is C14H20N2O4S2. The zero-order chi connectivity index (χ0) is 16.2. The number of amides is 2. The van der Waals surface area contributed by atoms with E-state index in [1.807, 2.05) is 10.8 Å². The van der Waals surface area contributed by atoms with Crippen LogP contribution in [0.5, 0.6) is 0 Å². The summed E-state index contributed by atoms with van der Waals surface area (Å²) >= 11 is 1.48. The first-order chi connectivity index (χ1) is 10.4. The van der Waals surface area contributed by atoms with Crippen molar-refractivity contribution in [3.63, 3.8) is 0 Å². The molecule has 1 fully saturated rings. The Bertz CT molecular complexity index is 625. The highest BCUT2D eigenvalue weighted by Gasteiger charge is 2.23. The minimum atomic E-state index is -3.13. The van der Waals surface area contributed by atoms with E-state index in [1.165, 1.54) is 11.3 Å². The van der Waals surface area contributed by atoms with Gasteiger partial charge in [-0.15, -0.1) is 0 Å². The summed E-state index contributed by atoms with van der Waals surface area (Å²) in [5, 5.41) is 3.69. The van der Waals surface area contributed by atoms with Crippen molar-refractivity contribution >= 4 is 33.0 Å². The molecule has 0 aromatic carbocycles. The van der Waals surface area contributed by atoms with Gasteiger partial charge in [0.1, 0.15) is 9.84 Å². The van der Waals surface area contributed by atoms with Gasteiger partial charge in [0, 0.05) is 44.2 Å². The van der Waals surface area contributed by atoms with Crippen LogP contribution < -0.4 is 0 Å². The fourth-order valence-electron chi connectivity index (χ4n) is 2.37. The number of thiophene rings is 1. The van der Waals surface area contributed by atoms with Crippen LogP contribution in [0, 0.1) is 0 Å². The quantitative estimate of drug-likeness (QED) is 0.812. The van der Waals surface area contributed by atoms with Gasteiger partial charge in [-0.3, -0.25) is 9.59 Å². The van der Waals surface area contributed by atoms with Crippen molar-refractivity contribution in [2.75, 3.05) is 38.2 Å². The Hall–Kier alpha value is -1.41. The maximum absolute atomic E-state index is 12.3. The molecule has 0 radical (unpaired) electrons. The predicted octanol–water partition coefficient (Wildman–Crippen LogP) is 0.857. The third kappa shape index (κ3) is 4.81. The fourth-order valence-corrected chi connectivity index (χ4v) is 3.54. The molecule has 22 heavy (non-hydrogen) atoms. The lowest BCUT2D eigenvalue weighted by molar-refractivity contribution is -0.130. The Balaban J connectivity index is 1.89. The number of hydrogen-bond acceptors (Lipinski definition) is 5. The summed E-state index contributed by atoms with van der Waals surface area (Å²) in [6, 6.07) is 1.80. The minimum absolute atomic E-state index is 0.00770. The van der Waals surface area contributed by atoms with Gasteiger partial charge in [-0.1, -0.05) is 0 Å². The monoisotopic (exact) mass is 344 g/mol. The molecule has 0 unspecified atom stereocenters. The maximum atomic E-state index is 12.3. The fraction of sp³-hybridized carbons (Fsp3) is 0.571. The van der Waals surface area contributed by atoms with Crippen molar-refractivity contribution < 1.29 is 18.0 Å². The first kappa shape index (κ1) is 17.0. The molecule has 2 rings (SSSR count). The highest BCUT2D eigenvalue weighted by molar-refractivity contribution is 7.90. The molecule has 1 aromatic heterocycles. The molecule has 122 valence electrons. The predicted molar refractivity (Wildman–Crippen MR) is 85.7 cm³/mol. The van der Waals surface area contributed by atoms with Gasteiger partial charge in [-0.2, -0.15) is 11.3 Å². The summed E-state index contributed by atoms with van der Waals surface area (Å²) in [5.41, 5.74) is 0.682. The number of carbonyl (C=O) groups is 2. The average molecular weight is 344 g/mol. The normalized spacial score (nSPS) is 16.4. The first-order valence-electron chi connectivity index (χ1n) is 7.14. The average Bonchev–Trinajstić information content (AvgIpc) is 2.87. The van der Waals surface area contributed by atoms with Gasteiger partial charge in [-0.25, -0.2) is 8.42 Å². The van der Waals surface area contributed by atoms with Crippen LogP contribution >= 0.6 is 11.3 Å². The molecule has 1 aliphatic heterocycles. The Morgan fingerprint density at radius 2 is 1.86 bits per heavy atom. The number of nitrogens with zero attached hydrogens (tertiary/aromatic N) is 2. The third-order valence-corrected chi connectivity index (χ3v) is 5.22. The lowest BCUT2D eigenvalue weighted by Crippen LogP contribution is -2.37. The van der Waals surface area contributed by atoms with E-state index >= 15 is 0 Å². The minimum Gasteiger partial charge on any atom is -0.341 e. The molecule has 0 bridgehead atoms. The first-order valence-corrected chi connectivity index (χ1v) is 10.1. The van der Waals surface area contributed by atoms with Crippen LogP contribution in [0.3, 0.4) is 0 Å². The molecule has 0 saturated carbocycles. The second kappa shape index (κ2) is 7.23. The van der Waals surface area contributed by atoms with Crippen molar-refractivity contribution in [3.05, 3.63) is 22.4 Å². The zero-order valence-corrected chi connectivity index (χ0v) is 14.2. The molecule has 0 aliphatic carbocycles. The largest absolute Gasteiger partial charge is 0.341 e. The van der Waals surface area contributed by atoms with Crippen molar-refractivity contribution in [3.8, 4) is 0 Å². The van der Waals surface area contributed by atoms with E-state index in [-0.39, 0.29) is 24.0 Å². The standard InChI is InChI=1S/C14H20N2O4S2/c1-22(19,20)10-4-13(17)15-5-2-6-16(8-7-15)14(18)12-3-9-21-11-12/h3,9,11H,2,4-8,10H2,1H3. The maximum Gasteiger partial charge on any atom is 0.254 e. The molecule has 0 N–H and O–H groups in total. The summed E-state index contributed by atoms with van der Waals surface area (Å²) in [7, 11) is -3.13. The number of rotatable bonds is 4. The molecule has 1 aliphatic rings. The van der Waals surface area contributed by atoms with E-state index in [0.29, 0.717) is 38.2 Å². The summed E-state index contributed by atoms with van der Waals surface area (Å²) in [6.07, 6.45) is 1.85. The lowest BCUT2D eigenvalue weighted by Gasteiger charge is -2.22. The van der Waals surface area contributed by atoms with E-state index in [2.05, 4.69) is 0 Å². The van der Waals surface area contributed by atoms with E-state index in [0.717, 1.165) is 6.26 Å². The van der Waals surface area contributed by atoms with Gasteiger partial charge in [0.05, 0.1) is 11.3 Å². The van der Waals surface area contributed by atoms with E-state index in [9.17, 15) is 18.0 Å². The van der Waals surface area contributed by atoms with Gasteiger partial charge < -0.3 is 9.80 Å². The molecule has 0 atom stereocenters. The summed E-state index contributed by atoms with van der Waals surface area (Å²) in [5.74, 6) is -0.290. The summed E-state index contributed by atoms with van der Waals surface area (Å²) in [6.45, 7) is 2.12. The zero-order valence-electron chi connectivity index (χ0n) is 12.5. The highest BCUT2D eigenvalue weighted by Crippen LogP contribution is 2.12. The van der Waals surface area contributed by atoms with E-state index < -0.39 is 9.84 Å². The number of sulfone groups is 1. The molecule has 2 amide bonds. The van der Waals surface area contributed by atoms with Crippen LogP contribution in [0.15, 0.2) is 16.8 Å². The summed E-state index contributed by atoms with van der Waals surface area (Å²) < 4.78 is 22.3. The molecule has 8 heteroatoms. The van der Waals surface area contributed by atoms with Crippen molar-refractivity contribution in [1.29, 1.82) is 0 Å².